The maximum Gasteiger partial charge on any atom is 0.264 e. The summed E-state index contributed by atoms with van der Waals surface area (Å²) in [6, 6.07) is 18.0. The Kier molecular flexibility index (Phi) is 9.80. The molecule has 0 saturated carbocycles. The van der Waals surface area contributed by atoms with E-state index in [1.54, 1.807) is 44.2 Å². The van der Waals surface area contributed by atoms with E-state index in [9.17, 15) is 18.0 Å². The molecule has 1 N–H and O–H groups in total. The maximum absolute atomic E-state index is 14.0. The van der Waals surface area contributed by atoms with Gasteiger partial charge in [-0.3, -0.25) is 13.9 Å². The number of carbonyl (C=O) groups excluding carboxylic acids is 2. The van der Waals surface area contributed by atoms with E-state index in [0.29, 0.717) is 16.3 Å². The first-order valence-electron chi connectivity index (χ1n) is 12.8. The van der Waals surface area contributed by atoms with Gasteiger partial charge in [-0.1, -0.05) is 59.1 Å². The lowest BCUT2D eigenvalue weighted by molar-refractivity contribution is -0.139. The van der Waals surface area contributed by atoms with Crippen molar-refractivity contribution in [1.29, 1.82) is 0 Å². The zero-order valence-electron chi connectivity index (χ0n) is 23.2. The first-order valence-corrected chi connectivity index (χ1v) is 14.6. The number of nitrogens with one attached hydrogen (secondary N) is 1. The molecule has 2 amide bonds. The molecule has 0 aliphatic rings. The van der Waals surface area contributed by atoms with Gasteiger partial charge in [-0.2, -0.15) is 0 Å². The second-order valence-electron chi connectivity index (χ2n) is 10.1. The normalized spacial score (nSPS) is 12.2. The Morgan fingerprint density at radius 3 is 2.15 bits per heavy atom. The topological polar surface area (TPSA) is 86.8 Å². The van der Waals surface area contributed by atoms with Crippen molar-refractivity contribution in [2.75, 3.05) is 10.8 Å². The number of anilines is 1. The molecule has 208 valence electrons. The van der Waals surface area contributed by atoms with Crippen LogP contribution in [0.3, 0.4) is 0 Å². The molecular formula is C30H36ClN3O4S. The van der Waals surface area contributed by atoms with Gasteiger partial charge in [0.1, 0.15) is 12.6 Å². The van der Waals surface area contributed by atoms with Gasteiger partial charge >= 0.3 is 0 Å². The standard InChI is InChI=1S/C30H36ClN3O4S/c1-20(2)32-30(36)24(6)33(18-25-9-7-8-22(4)16-25)29(35)19-34(28-15-12-26(31)17-23(28)5)39(37,38)27-13-10-21(3)11-14-27/h7-17,20,24H,18-19H2,1-6H3,(H,32,36). The van der Waals surface area contributed by atoms with Crippen molar-refractivity contribution in [3.05, 3.63) is 94.0 Å². The van der Waals surface area contributed by atoms with Gasteiger partial charge in [0, 0.05) is 17.6 Å². The molecule has 1 atom stereocenters. The lowest BCUT2D eigenvalue weighted by Crippen LogP contribution is -2.52. The molecule has 1 unspecified atom stereocenters. The molecule has 9 heteroatoms. The summed E-state index contributed by atoms with van der Waals surface area (Å²) in [5.41, 5.74) is 3.70. The first-order chi connectivity index (χ1) is 18.3. The van der Waals surface area contributed by atoms with Crippen molar-refractivity contribution in [2.45, 2.75) is 65.1 Å². The highest BCUT2D eigenvalue weighted by Gasteiger charge is 2.33. The van der Waals surface area contributed by atoms with Crippen molar-refractivity contribution in [3.8, 4) is 0 Å². The Morgan fingerprint density at radius 2 is 1.56 bits per heavy atom. The summed E-state index contributed by atoms with van der Waals surface area (Å²) in [5, 5.41) is 3.31. The van der Waals surface area contributed by atoms with Gasteiger partial charge in [0.2, 0.25) is 11.8 Å². The Bertz CT molecular complexity index is 1440. The number of amides is 2. The van der Waals surface area contributed by atoms with E-state index in [1.165, 1.54) is 17.0 Å². The average Bonchev–Trinajstić information content (AvgIpc) is 2.85. The molecule has 0 fully saturated rings. The number of nitrogens with zero attached hydrogens (tertiary/aromatic N) is 2. The Balaban J connectivity index is 2.07. The van der Waals surface area contributed by atoms with E-state index in [1.807, 2.05) is 52.0 Å². The summed E-state index contributed by atoms with van der Waals surface area (Å²) in [6.07, 6.45) is 0. The van der Waals surface area contributed by atoms with Gasteiger partial charge in [0.15, 0.2) is 0 Å². The number of sulfonamides is 1. The zero-order chi connectivity index (χ0) is 28.9. The fourth-order valence-corrected chi connectivity index (χ4v) is 5.95. The molecular weight excluding hydrogens is 534 g/mol. The van der Waals surface area contributed by atoms with E-state index in [0.717, 1.165) is 21.0 Å². The predicted molar refractivity (Wildman–Crippen MR) is 156 cm³/mol. The van der Waals surface area contributed by atoms with E-state index in [2.05, 4.69) is 5.32 Å². The van der Waals surface area contributed by atoms with Crippen LogP contribution in [-0.2, 0) is 26.2 Å². The van der Waals surface area contributed by atoms with Crippen LogP contribution in [0.25, 0.3) is 0 Å². The highest BCUT2D eigenvalue weighted by atomic mass is 35.5. The number of carbonyl (C=O) groups is 2. The lowest BCUT2D eigenvalue weighted by atomic mass is 10.1. The molecule has 0 aromatic heterocycles. The van der Waals surface area contributed by atoms with Gasteiger partial charge < -0.3 is 10.2 Å². The minimum Gasteiger partial charge on any atom is -0.352 e. The maximum atomic E-state index is 14.0. The molecule has 3 rings (SSSR count). The van der Waals surface area contributed by atoms with Crippen LogP contribution in [0.15, 0.2) is 71.6 Å². The summed E-state index contributed by atoms with van der Waals surface area (Å²) in [7, 11) is -4.14. The minimum atomic E-state index is -4.14. The van der Waals surface area contributed by atoms with Crippen LogP contribution in [0, 0.1) is 20.8 Å². The van der Waals surface area contributed by atoms with Gasteiger partial charge in [0.25, 0.3) is 10.0 Å². The van der Waals surface area contributed by atoms with Crippen molar-refractivity contribution < 1.29 is 18.0 Å². The smallest absolute Gasteiger partial charge is 0.264 e. The number of halogens is 1. The molecule has 3 aromatic carbocycles. The summed E-state index contributed by atoms with van der Waals surface area (Å²) in [6.45, 7) is 10.5. The molecule has 0 aliphatic carbocycles. The van der Waals surface area contributed by atoms with E-state index < -0.39 is 28.5 Å². The van der Waals surface area contributed by atoms with Crippen LogP contribution >= 0.6 is 11.6 Å². The monoisotopic (exact) mass is 569 g/mol. The molecule has 0 heterocycles. The predicted octanol–water partition coefficient (Wildman–Crippen LogP) is 5.40. The average molecular weight is 570 g/mol. The second-order valence-corrected chi connectivity index (χ2v) is 12.4. The number of benzene rings is 3. The largest absolute Gasteiger partial charge is 0.352 e. The van der Waals surface area contributed by atoms with Crippen LogP contribution < -0.4 is 9.62 Å². The van der Waals surface area contributed by atoms with Gasteiger partial charge in [-0.25, -0.2) is 8.42 Å². The molecule has 39 heavy (non-hydrogen) atoms. The number of rotatable bonds is 10. The van der Waals surface area contributed by atoms with Crippen LogP contribution in [0.2, 0.25) is 5.02 Å². The first kappa shape index (κ1) is 30.2. The highest BCUT2D eigenvalue weighted by molar-refractivity contribution is 7.92. The van der Waals surface area contributed by atoms with Crippen molar-refractivity contribution in [3.63, 3.8) is 0 Å². The van der Waals surface area contributed by atoms with Crippen LogP contribution in [0.4, 0.5) is 5.69 Å². The highest BCUT2D eigenvalue weighted by Crippen LogP contribution is 2.29. The second kappa shape index (κ2) is 12.7. The Labute approximate surface area is 236 Å². The summed E-state index contributed by atoms with van der Waals surface area (Å²) < 4.78 is 29.0. The van der Waals surface area contributed by atoms with E-state index >= 15 is 0 Å². The van der Waals surface area contributed by atoms with E-state index in [4.69, 9.17) is 11.6 Å². The Hall–Kier alpha value is -3.36. The fraction of sp³-hybridized carbons (Fsp3) is 0.333. The zero-order valence-corrected chi connectivity index (χ0v) is 24.8. The molecule has 7 nitrogen and oxygen atoms in total. The van der Waals surface area contributed by atoms with Crippen molar-refractivity contribution in [1.82, 2.24) is 10.2 Å². The number of aryl methyl sites for hydroxylation is 3. The third-order valence-electron chi connectivity index (χ3n) is 6.35. The number of hydrogen-bond acceptors (Lipinski definition) is 4. The Morgan fingerprint density at radius 1 is 0.897 bits per heavy atom. The molecule has 0 radical (unpaired) electrons. The SMILES string of the molecule is Cc1ccc(S(=O)(=O)N(CC(=O)N(Cc2cccc(C)c2)C(C)C(=O)NC(C)C)c2ccc(Cl)cc2C)cc1. The molecule has 0 spiro atoms. The van der Waals surface area contributed by atoms with Gasteiger partial charge in [-0.05, 0) is 83.0 Å². The van der Waals surface area contributed by atoms with E-state index in [-0.39, 0.29) is 23.4 Å². The van der Waals surface area contributed by atoms with Gasteiger partial charge in [0.05, 0.1) is 10.6 Å². The third kappa shape index (κ3) is 7.61. The van der Waals surface area contributed by atoms with Crippen LogP contribution in [0.5, 0.6) is 0 Å². The van der Waals surface area contributed by atoms with Crippen LogP contribution in [-0.4, -0.2) is 43.8 Å². The summed E-state index contributed by atoms with van der Waals surface area (Å²) >= 11 is 6.16. The van der Waals surface area contributed by atoms with Crippen molar-refractivity contribution in [2.24, 2.45) is 0 Å². The fourth-order valence-electron chi connectivity index (χ4n) is 4.24. The molecule has 0 saturated heterocycles. The molecule has 0 aliphatic heterocycles. The summed E-state index contributed by atoms with van der Waals surface area (Å²) in [5.74, 6) is -0.824. The van der Waals surface area contributed by atoms with Crippen LogP contribution in [0.1, 0.15) is 43.0 Å². The summed E-state index contributed by atoms with van der Waals surface area (Å²) in [4.78, 5) is 28.5. The minimum absolute atomic E-state index is 0.0612. The third-order valence-corrected chi connectivity index (χ3v) is 8.36. The quantitative estimate of drug-likeness (QED) is 0.354. The van der Waals surface area contributed by atoms with Gasteiger partial charge in [-0.15, -0.1) is 0 Å². The van der Waals surface area contributed by atoms with Crippen molar-refractivity contribution >= 4 is 39.1 Å². The molecule has 3 aromatic rings. The number of hydrogen-bond donors (Lipinski definition) is 1. The lowest BCUT2D eigenvalue weighted by Gasteiger charge is -2.32. The molecule has 0 bridgehead atoms.